The number of benzene rings is 1. The Kier molecular flexibility index (Phi) is 9.98. The Morgan fingerprint density at radius 2 is 1.91 bits per heavy atom. The van der Waals surface area contributed by atoms with Gasteiger partial charge in [0.1, 0.15) is 11.9 Å². The van der Waals surface area contributed by atoms with E-state index in [4.69, 9.17) is 4.74 Å². The number of likely N-dealkylation sites (tertiary alicyclic amines) is 1. The molecule has 0 aromatic heterocycles. The molecule has 1 aliphatic carbocycles. The van der Waals surface area contributed by atoms with Crippen LogP contribution < -0.4 is 10.1 Å². The molecule has 1 aliphatic heterocycles. The normalized spacial score (nSPS) is 23.0. The lowest BCUT2D eigenvalue weighted by atomic mass is 9.91. The highest BCUT2D eigenvalue weighted by Gasteiger charge is 2.29. The summed E-state index contributed by atoms with van der Waals surface area (Å²) < 4.78 is 42.0. The Hall–Kier alpha value is -2.58. The highest BCUT2D eigenvalue weighted by atomic mass is 19.4. The summed E-state index contributed by atoms with van der Waals surface area (Å²) in [4.78, 5) is 15.2. The molecule has 2 N–H and O–H groups in total. The number of aliphatic hydroxyl groups is 1. The molecule has 3 rings (SSSR count). The molecule has 1 aromatic rings. The van der Waals surface area contributed by atoms with Gasteiger partial charge in [-0.1, -0.05) is 48.6 Å². The minimum absolute atomic E-state index is 0.0712. The van der Waals surface area contributed by atoms with Crippen LogP contribution in [0.15, 0.2) is 60.7 Å². The number of rotatable bonds is 9. The summed E-state index contributed by atoms with van der Waals surface area (Å²) in [5, 5.41) is 14.2. The smallest absolute Gasteiger partial charge is 0.422 e. The predicted molar refractivity (Wildman–Crippen MR) is 130 cm³/mol. The van der Waals surface area contributed by atoms with Crippen LogP contribution in [0, 0.1) is 5.92 Å². The van der Waals surface area contributed by atoms with Gasteiger partial charge < -0.3 is 20.1 Å². The lowest BCUT2D eigenvalue weighted by Crippen LogP contribution is -2.47. The molecule has 8 heteroatoms. The molecule has 1 aromatic carbocycles. The fraction of sp³-hybridized carbons (Fsp3) is 0.519. The molecule has 0 bridgehead atoms. The number of alkyl halides is 3. The van der Waals surface area contributed by atoms with Crippen molar-refractivity contribution < 1.29 is 27.8 Å². The average molecular weight is 493 g/mol. The van der Waals surface area contributed by atoms with Gasteiger partial charge in [-0.05, 0) is 68.8 Å². The van der Waals surface area contributed by atoms with Crippen molar-refractivity contribution in [2.45, 2.75) is 56.8 Å². The first-order valence-corrected chi connectivity index (χ1v) is 12.2. The van der Waals surface area contributed by atoms with Gasteiger partial charge in [0.2, 0.25) is 5.91 Å². The number of hydrogen-bond donors (Lipinski definition) is 2. The van der Waals surface area contributed by atoms with Crippen molar-refractivity contribution in [2.75, 3.05) is 26.2 Å². The third-order valence-corrected chi connectivity index (χ3v) is 6.35. The van der Waals surface area contributed by atoms with E-state index in [0.29, 0.717) is 18.5 Å². The molecule has 1 saturated heterocycles. The number of hydrogen-bond acceptors (Lipinski definition) is 4. The Balaban J connectivity index is 1.65. The van der Waals surface area contributed by atoms with Crippen LogP contribution in [-0.2, 0) is 4.79 Å². The van der Waals surface area contributed by atoms with Gasteiger partial charge >= 0.3 is 6.18 Å². The standard InChI is InChI=1S/C27H35F3N2O3/c1-20-8-4-2-3-5-9-21(16-20)17-25(33)31-24(18-32-14-6-7-15-32)26(34)22-10-12-23(13-11-22)35-19-27(28,29)30/h2-4,8,10-13,21,24,26,34H,1,5-7,9,14-19H2,(H,31,33)/b3-2-,8-4-/t21?,24-,26-/m1/s1. The van der Waals surface area contributed by atoms with Crippen molar-refractivity contribution in [1.82, 2.24) is 10.2 Å². The average Bonchev–Trinajstić information content (AvgIpc) is 3.34. The molecule has 1 unspecified atom stereocenters. The summed E-state index contributed by atoms with van der Waals surface area (Å²) in [7, 11) is 0. The van der Waals surface area contributed by atoms with Crippen LogP contribution in [0.4, 0.5) is 13.2 Å². The molecule has 3 atom stereocenters. The number of carbonyl (C=O) groups excluding carboxylic acids is 1. The zero-order valence-corrected chi connectivity index (χ0v) is 20.0. The van der Waals surface area contributed by atoms with Gasteiger partial charge in [-0.25, -0.2) is 0 Å². The van der Waals surface area contributed by atoms with Gasteiger partial charge in [0.05, 0.1) is 6.04 Å². The minimum atomic E-state index is -4.42. The van der Waals surface area contributed by atoms with Crippen LogP contribution >= 0.6 is 0 Å². The van der Waals surface area contributed by atoms with E-state index in [1.807, 2.05) is 18.2 Å². The summed E-state index contributed by atoms with van der Waals surface area (Å²) in [5.41, 5.74) is 1.50. The molecule has 1 amide bonds. The van der Waals surface area contributed by atoms with Crippen molar-refractivity contribution in [2.24, 2.45) is 5.92 Å². The van der Waals surface area contributed by atoms with Gasteiger partial charge in [0, 0.05) is 13.0 Å². The number of amides is 1. The first-order valence-electron chi connectivity index (χ1n) is 12.2. The summed E-state index contributed by atoms with van der Waals surface area (Å²) >= 11 is 0. The van der Waals surface area contributed by atoms with Crippen LogP contribution in [0.3, 0.4) is 0 Å². The molecular weight excluding hydrogens is 457 g/mol. The summed E-state index contributed by atoms with van der Waals surface area (Å²) in [6.07, 6.45) is 7.59. The topological polar surface area (TPSA) is 61.8 Å². The summed E-state index contributed by atoms with van der Waals surface area (Å²) in [6.45, 7) is 5.02. The van der Waals surface area contributed by atoms with E-state index in [9.17, 15) is 23.1 Å². The minimum Gasteiger partial charge on any atom is -0.484 e. The van der Waals surface area contributed by atoms with E-state index in [2.05, 4.69) is 22.9 Å². The van der Waals surface area contributed by atoms with E-state index in [1.54, 1.807) is 12.1 Å². The molecule has 192 valence electrons. The first-order chi connectivity index (χ1) is 16.7. The highest BCUT2D eigenvalue weighted by Crippen LogP contribution is 2.26. The van der Waals surface area contributed by atoms with E-state index in [1.165, 1.54) is 12.1 Å². The number of nitrogens with zero attached hydrogens (tertiary/aromatic N) is 1. The molecule has 1 heterocycles. The van der Waals surface area contributed by atoms with E-state index < -0.39 is 24.9 Å². The quantitative estimate of drug-likeness (QED) is 0.504. The molecule has 0 spiro atoms. The maximum atomic E-state index is 13.0. The highest BCUT2D eigenvalue weighted by molar-refractivity contribution is 5.76. The van der Waals surface area contributed by atoms with Gasteiger partial charge in [0.25, 0.3) is 0 Å². The zero-order chi connectivity index (χ0) is 25.3. The van der Waals surface area contributed by atoms with Gasteiger partial charge in [-0.15, -0.1) is 0 Å². The number of allylic oxidation sites excluding steroid dienone is 5. The molecule has 5 nitrogen and oxygen atoms in total. The molecule has 2 aliphatic rings. The van der Waals surface area contributed by atoms with Crippen LogP contribution in [0.25, 0.3) is 0 Å². The van der Waals surface area contributed by atoms with Crippen LogP contribution in [0.1, 0.15) is 50.2 Å². The van der Waals surface area contributed by atoms with Crippen molar-refractivity contribution >= 4 is 5.91 Å². The lowest BCUT2D eigenvalue weighted by molar-refractivity contribution is -0.153. The predicted octanol–water partition coefficient (Wildman–Crippen LogP) is 5.10. The monoisotopic (exact) mass is 492 g/mol. The van der Waals surface area contributed by atoms with E-state index >= 15 is 0 Å². The van der Waals surface area contributed by atoms with Crippen LogP contribution in [-0.4, -0.2) is 54.4 Å². The first kappa shape index (κ1) is 27.0. The van der Waals surface area contributed by atoms with Gasteiger partial charge in [-0.2, -0.15) is 13.2 Å². The van der Waals surface area contributed by atoms with E-state index in [0.717, 1.165) is 50.8 Å². The SMILES string of the molecule is C=C1/C=C\C=C/CCC(CC(=O)N[C@H](CN2CCCC2)[C@H](O)c2ccc(OCC(F)(F)F)cc2)C1. The summed E-state index contributed by atoms with van der Waals surface area (Å²) in [5.74, 6) is 0.106. The Morgan fingerprint density at radius 1 is 1.20 bits per heavy atom. The molecular formula is C27H35F3N2O3. The molecule has 1 fully saturated rings. The fourth-order valence-corrected chi connectivity index (χ4v) is 4.57. The van der Waals surface area contributed by atoms with Crippen molar-refractivity contribution in [3.8, 4) is 5.75 Å². The Morgan fingerprint density at radius 3 is 2.60 bits per heavy atom. The largest absolute Gasteiger partial charge is 0.484 e. The molecule has 0 radical (unpaired) electrons. The maximum absolute atomic E-state index is 13.0. The lowest BCUT2D eigenvalue weighted by Gasteiger charge is -2.29. The third kappa shape index (κ3) is 9.53. The van der Waals surface area contributed by atoms with Crippen LogP contribution in [0.5, 0.6) is 5.75 Å². The number of ether oxygens (including phenoxy) is 1. The maximum Gasteiger partial charge on any atom is 0.422 e. The van der Waals surface area contributed by atoms with Crippen molar-refractivity contribution in [1.29, 1.82) is 0 Å². The van der Waals surface area contributed by atoms with E-state index in [-0.39, 0.29) is 17.6 Å². The summed E-state index contributed by atoms with van der Waals surface area (Å²) in [6, 6.07) is 5.36. The molecule has 35 heavy (non-hydrogen) atoms. The number of nitrogens with one attached hydrogen (secondary N) is 1. The fourth-order valence-electron chi connectivity index (χ4n) is 4.57. The van der Waals surface area contributed by atoms with Gasteiger partial charge in [0.15, 0.2) is 6.61 Å². The Labute approximate surface area is 205 Å². The second-order valence-corrected chi connectivity index (χ2v) is 9.40. The Bertz CT molecular complexity index is 890. The number of carbonyl (C=O) groups is 1. The van der Waals surface area contributed by atoms with Gasteiger partial charge in [-0.3, -0.25) is 4.79 Å². The van der Waals surface area contributed by atoms with Crippen molar-refractivity contribution in [3.63, 3.8) is 0 Å². The zero-order valence-electron chi connectivity index (χ0n) is 20.0. The van der Waals surface area contributed by atoms with Crippen molar-refractivity contribution in [3.05, 3.63) is 66.3 Å². The second-order valence-electron chi connectivity index (χ2n) is 9.40. The molecule has 0 saturated carbocycles. The van der Waals surface area contributed by atoms with Crippen LogP contribution in [0.2, 0.25) is 0 Å². The number of aliphatic hydroxyl groups excluding tert-OH is 1. The number of halogens is 3. The second kappa shape index (κ2) is 12.9. The third-order valence-electron chi connectivity index (χ3n) is 6.35.